The van der Waals surface area contributed by atoms with Gasteiger partial charge in [-0.1, -0.05) is 18.2 Å². The number of nitrogens with one attached hydrogen (secondary N) is 2. The summed E-state index contributed by atoms with van der Waals surface area (Å²) in [5, 5.41) is 2.69. The first-order chi connectivity index (χ1) is 13.4. The number of amides is 1. The minimum absolute atomic E-state index is 0.0199. The van der Waals surface area contributed by atoms with Gasteiger partial charge in [-0.2, -0.15) is 0 Å². The zero-order valence-electron chi connectivity index (χ0n) is 14.9. The summed E-state index contributed by atoms with van der Waals surface area (Å²) in [5.74, 6) is 0.211. The van der Waals surface area contributed by atoms with Gasteiger partial charge in [-0.15, -0.1) is 0 Å². The summed E-state index contributed by atoms with van der Waals surface area (Å²) in [6.45, 7) is 1.63. The number of benzene rings is 2. The van der Waals surface area contributed by atoms with Crippen molar-refractivity contribution in [1.82, 2.24) is 9.97 Å². The minimum atomic E-state index is -3.83. The highest BCUT2D eigenvalue weighted by Gasteiger charge is 2.17. The number of para-hydroxylation sites is 1. The largest absolute Gasteiger partial charge is 0.481 e. The fraction of sp³-hybridized carbons (Fsp3) is 0.105. The Morgan fingerprint density at radius 2 is 1.61 bits per heavy atom. The fourth-order valence-electron chi connectivity index (χ4n) is 2.25. The van der Waals surface area contributed by atoms with Crippen LogP contribution >= 0.6 is 0 Å². The standard InChI is InChI=1S/C19H18N4O4S/c1-14(27-16-6-3-2-4-7-16)18(24)22-15-8-10-17(11-9-15)28(25,26)23-19-20-12-5-13-21-19/h2-14H,1H3,(H,22,24)(H,20,21,23). The first kappa shape index (κ1) is 19.3. The zero-order chi connectivity index (χ0) is 20.0. The van der Waals surface area contributed by atoms with Crippen LogP contribution in [0.1, 0.15) is 6.92 Å². The van der Waals surface area contributed by atoms with E-state index in [1.165, 1.54) is 36.7 Å². The topological polar surface area (TPSA) is 110 Å². The van der Waals surface area contributed by atoms with E-state index in [9.17, 15) is 13.2 Å². The van der Waals surface area contributed by atoms with Crippen LogP contribution in [0.2, 0.25) is 0 Å². The molecule has 0 aliphatic heterocycles. The Kier molecular flexibility index (Phi) is 5.85. The van der Waals surface area contributed by atoms with Gasteiger partial charge in [0, 0.05) is 18.1 Å². The third-order valence-corrected chi connectivity index (χ3v) is 4.99. The first-order valence-corrected chi connectivity index (χ1v) is 9.85. The fourth-order valence-corrected chi connectivity index (χ4v) is 3.21. The van der Waals surface area contributed by atoms with Gasteiger partial charge in [-0.25, -0.2) is 23.1 Å². The summed E-state index contributed by atoms with van der Waals surface area (Å²) >= 11 is 0. The van der Waals surface area contributed by atoms with Gasteiger partial charge in [-0.3, -0.25) is 4.79 Å². The maximum Gasteiger partial charge on any atom is 0.265 e. The molecule has 2 N–H and O–H groups in total. The lowest BCUT2D eigenvalue weighted by Gasteiger charge is -2.15. The maximum atomic E-state index is 12.3. The van der Waals surface area contributed by atoms with Crippen molar-refractivity contribution in [2.24, 2.45) is 0 Å². The molecule has 0 spiro atoms. The van der Waals surface area contributed by atoms with Crippen molar-refractivity contribution in [3.8, 4) is 5.75 Å². The molecule has 1 atom stereocenters. The normalized spacial score (nSPS) is 12.0. The van der Waals surface area contributed by atoms with Gasteiger partial charge in [0.2, 0.25) is 5.95 Å². The monoisotopic (exact) mass is 398 g/mol. The van der Waals surface area contributed by atoms with Crippen LogP contribution in [0, 0.1) is 0 Å². The van der Waals surface area contributed by atoms with Crippen molar-refractivity contribution in [3.05, 3.63) is 73.1 Å². The van der Waals surface area contributed by atoms with Gasteiger partial charge < -0.3 is 10.1 Å². The molecule has 1 unspecified atom stereocenters. The summed E-state index contributed by atoms with van der Waals surface area (Å²) < 4.78 is 32.5. The molecule has 1 aromatic heterocycles. The lowest BCUT2D eigenvalue weighted by atomic mass is 10.3. The first-order valence-electron chi connectivity index (χ1n) is 8.36. The SMILES string of the molecule is CC(Oc1ccccc1)C(=O)Nc1ccc(S(=O)(=O)Nc2ncccn2)cc1. The number of nitrogens with zero attached hydrogens (tertiary/aromatic N) is 2. The van der Waals surface area contributed by atoms with Gasteiger partial charge in [-0.05, 0) is 49.4 Å². The number of carbonyl (C=O) groups is 1. The second-order valence-electron chi connectivity index (χ2n) is 5.76. The van der Waals surface area contributed by atoms with Gasteiger partial charge >= 0.3 is 0 Å². The molecule has 1 amide bonds. The molecule has 0 saturated carbocycles. The molecule has 3 aromatic rings. The molecule has 1 heterocycles. The summed E-state index contributed by atoms with van der Waals surface area (Å²) in [5.41, 5.74) is 0.448. The van der Waals surface area contributed by atoms with E-state index < -0.39 is 16.1 Å². The van der Waals surface area contributed by atoms with Gasteiger partial charge in [0.05, 0.1) is 4.90 Å². The summed E-state index contributed by atoms with van der Waals surface area (Å²) in [7, 11) is -3.83. The number of anilines is 2. The van der Waals surface area contributed by atoms with Crippen LogP contribution in [-0.4, -0.2) is 30.4 Å². The summed E-state index contributed by atoms with van der Waals surface area (Å²) in [6, 6.07) is 16.3. The van der Waals surface area contributed by atoms with Crippen LogP contribution in [0.25, 0.3) is 0 Å². The molecule has 2 aromatic carbocycles. The Labute approximate surface area is 162 Å². The lowest BCUT2D eigenvalue weighted by molar-refractivity contribution is -0.122. The average molecular weight is 398 g/mol. The molecule has 0 fully saturated rings. The molecular formula is C19H18N4O4S. The van der Waals surface area contributed by atoms with Crippen LogP contribution in [0.4, 0.5) is 11.6 Å². The van der Waals surface area contributed by atoms with Crippen molar-refractivity contribution >= 4 is 27.6 Å². The summed E-state index contributed by atoms with van der Waals surface area (Å²) in [4.78, 5) is 19.9. The molecule has 0 radical (unpaired) electrons. The molecule has 28 heavy (non-hydrogen) atoms. The Morgan fingerprint density at radius 3 is 2.25 bits per heavy atom. The molecule has 8 nitrogen and oxygen atoms in total. The Balaban J connectivity index is 1.63. The maximum absolute atomic E-state index is 12.3. The minimum Gasteiger partial charge on any atom is -0.481 e. The highest BCUT2D eigenvalue weighted by molar-refractivity contribution is 7.92. The van der Waals surface area contributed by atoms with Crippen molar-refractivity contribution in [3.63, 3.8) is 0 Å². The van der Waals surface area contributed by atoms with E-state index in [1.807, 2.05) is 18.2 Å². The van der Waals surface area contributed by atoms with E-state index in [0.717, 1.165) is 0 Å². The number of aromatic nitrogens is 2. The molecule has 0 aliphatic rings. The van der Waals surface area contributed by atoms with Crippen LogP contribution in [0.5, 0.6) is 5.75 Å². The molecule has 0 saturated heterocycles. The van der Waals surface area contributed by atoms with E-state index in [4.69, 9.17) is 4.74 Å². The van der Waals surface area contributed by atoms with Crippen molar-refractivity contribution in [2.75, 3.05) is 10.0 Å². The van der Waals surface area contributed by atoms with E-state index in [1.54, 1.807) is 25.1 Å². The number of rotatable bonds is 7. The number of hydrogen-bond acceptors (Lipinski definition) is 6. The van der Waals surface area contributed by atoms with Gasteiger partial charge in [0.25, 0.3) is 15.9 Å². The zero-order valence-corrected chi connectivity index (χ0v) is 15.8. The van der Waals surface area contributed by atoms with Crippen LogP contribution in [0.15, 0.2) is 78.0 Å². The number of ether oxygens (including phenoxy) is 1. The molecule has 3 rings (SSSR count). The highest BCUT2D eigenvalue weighted by atomic mass is 32.2. The van der Waals surface area contributed by atoms with Gasteiger partial charge in [0.15, 0.2) is 6.10 Å². The second-order valence-corrected chi connectivity index (χ2v) is 7.45. The number of hydrogen-bond donors (Lipinski definition) is 2. The lowest BCUT2D eigenvalue weighted by Crippen LogP contribution is -2.30. The number of carbonyl (C=O) groups excluding carboxylic acids is 1. The van der Waals surface area contributed by atoms with Crippen molar-refractivity contribution in [1.29, 1.82) is 0 Å². The predicted molar refractivity (Wildman–Crippen MR) is 104 cm³/mol. The molecule has 9 heteroatoms. The molecular weight excluding hydrogens is 380 g/mol. The van der Waals surface area contributed by atoms with E-state index in [-0.39, 0.29) is 16.8 Å². The van der Waals surface area contributed by atoms with Crippen molar-refractivity contribution < 1.29 is 17.9 Å². The Bertz CT molecular complexity index is 1030. The molecule has 144 valence electrons. The number of sulfonamides is 1. The van der Waals surface area contributed by atoms with Crippen LogP contribution in [-0.2, 0) is 14.8 Å². The summed E-state index contributed by atoms with van der Waals surface area (Å²) in [6.07, 6.45) is 2.15. The third-order valence-electron chi connectivity index (χ3n) is 3.65. The Hall–Kier alpha value is -3.46. The molecule has 0 bridgehead atoms. The smallest absolute Gasteiger partial charge is 0.265 e. The van der Waals surface area contributed by atoms with Crippen molar-refractivity contribution in [2.45, 2.75) is 17.9 Å². The van der Waals surface area contributed by atoms with E-state index in [0.29, 0.717) is 11.4 Å². The highest BCUT2D eigenvalue weighted by Crippen LogP contribution is 2.17. The van der Waals surface area contributed by atoms with E-state index in [2.05, 4.69) is 20.0 Å². The second kappa shape index (κ2) is 8.49. The van der Waals surface area contributed by atoms with E-state index >= 15 is 0 Å². The van der Waals surface area contributed by atoms with Crippen LogP contribution < -0.4 is 14.8 Å². The average Bonchev–Trinajstić information content (AvgIpc) is 2.69. The van der Waals surface area contributed by atoms with Gasteiger partial charge in [0.1, 0.15) is 5.75 Å². The molecule has 0 aliphatic carbocycles. The quantitative estimate of drug-likeness (QED) is 0.633. The Morgan fingerprint density at radius 1 is 0.964 bits per heavy atom. The predicted octanol–water partition coefficient (Wildman–Crippen LogP) is 2.68. The third kappa shape index (κ3) is 5.04. The van der Waals surface area contributed by atoms with Crippen LogP contribution in [0.3, 0.4) is 0 Å².